The van der Waals surface area contributed by atoms with Crippen molar-refractivity contribution in [3.05, 3.63) is 24.5 Å². The molecule has 7 nitrogen and oxygen atoms in total. The maximum Gasteiger partial charge on any atom is 0.273 e. The highest BCUT2D eigenvalue weighted by Crippen LogP contribution is 2.23. The van der Waals surface area contributed by atoms with Crippen LogP contribution in [0.4, 0.5) is 0 Å². The van der Waals surface area contributed by atoms with Crippen LogP contribution in [0, 0.1) is 0 Å². The molecule has 8 heteroatoms. The van der Waals surface area contributed by atoms with Gasteiger partial charge in [0.05, 0.1) is 0 Å². The highest BCUT2D eigenvalue weighted by molar-refractivity contribution is 7.89. The summed E-state index contributed by atoms with van der Waals surface area (Å²) in [7, 11) is -3.89. The van der Waals surface area contributed by atoms with Gasteiger partial charge in [-0.3, -0.25) is 9.55 Å². The first-order valence-electron chi connectivity index (χ1n) is 5.29. The standard InChI is InChI=1S/C10H13N5O2S/c1-7(2)15-9(8-3-5-12-6-4-8)13-14-10(15)18(11,16)17/h3-7H,1-2H3,(H2,11,16,17). The largest absolute Gasteiger partial charge is 0.294 e. The van der Waals surface area contributed by atoms with E-state index in [2.05, 4.69) is 15.2 Å². The van der Waals surface area contributed by atoms with E-state index in [-0.39, 0.29) is 11.2 Å². The summed E-state index contributed by atoms with van der Waals surface area (Å²) >= 11 is 0. The van der Waals surface area contributed by atoms with E-state index in [4.69, 9.17) is 5.14 Å². The van der Waals surface area contributed by atoms with Gasteiger partial charge >= 0.3 is 0 Å². The molecule has 0 spiro atoms. The Balaban J connectivity index is 2.68. The quantitative estimate of drug-likeness (QED) is 0.875. The van der Waals surface area contributed by atoms with E-state index in [0.29, 0.717) is 5.82 Å². The molecule has 0 aliphatic rings. The Bertz CT molecular complexity index is 648. The van der Waals surface area contributed by atoms with Gasteiger partial charge in [-0.25, -0.2) is 13.6 Å². The molecule has 0 fully saturated rings. The molecule has 0 amide bonds. The van der Waals surface area contributed by atoms with Gasteiger partial charge < -0.3 is 0 Å². The molecule has 2 aromatic heterocycles. The Labute approximate surface area is 105 Å². The Morgan fingerprint density at radius 2 is 1.83 bits per heavy atom. The zero-order valence-corrected chi connectivity index (χ0v) is 10.8. The fourth-order valence-corrected chi connectivity index (χ4v) is 2.36. The van der Waals surface area contributed by atoms with Crippen molar-refractivity contribution in [2.24, 2.45) is 5.14 Å². The zero-order chi connectivity index (χ0) is 13.3. The van der Waals surface area contributed by atoms with Crippen LogP contribution >= 0.6 is 0 Å². The third kappa shape index (κ3) is 2.24. The van der Waals surface area contributed by atoms with Crippen LogP contribution in [-0.4, -0.2) is 28.2 Å². The van der Waals surface area contributed by atoms with E-state index >= 15 is 0 Å². The molecule has 0 saturated heterocycles. The van der Waals surface area contributed by atoms with Crippen LogP contribution in [0.5, 0.6) is 0 Å². The van der Waals surface area contributed by atoms with Crippen molar-refractivity contribution in [1.29, 1.82) is 0 Å². The first-order valence-corrected chi connectivity index (χ1v) is 6.84. The minimum absolute atomic E-state index is 0.128. The van der Waals surface area contributed by atoms with E-state index in [1.54, 1.807) is 24.5 Å². The van der Waals surface area contributed by atoms with Crippen LogP contribution in [0.1, 0.15) is 19.9 Å². The monoisotopic (exact) mass is 267 g/mol. The molecule has 2 N–H and O–H groups in total. The molecule has 0 unspecified atom stereocenters. The topological polar surface area (TPSA) is 104 Å². The highest BCUT2D eigenvalue weighted by Gasteiger charge is 2.23. The Hall–Kier alpha value is -1.80. The van der Waals surface area contributed by atoms with Crippen LogP contribution < -0.4 is 5.14 Å². The maximum atomic E-state index is 11.4. The predicted octanol–water partition coefficient (Wildman–Crippen LogP) is 0.568. The molecule has 0 atom stereocenters. The van der Waals surface area contributed by atoms with Crippen LogP contribution in [-0.2, 0) is 10.0 Å². The third-order valence-corrected chi connectivity index (χ3v) is 3.16. The van der Waals surface area contributed by atoms with Crippen molar-refractivity contribution in [1.82, 2.24) is 19.7 Å². The van der Waals surface area contributed by atoms with Gasteiger partial charge in [0, 0.05) is 24.0 Å². The summed E-state index contributed by atoms with van der Waals surface area (Å²) in [5.41, 5.74) is 0.737. The molecule has 96 valence electrons. The molecule has 2 aromatic rings. The van der Waals surface area contributed by atoms with E-state index in [1.165, 1.54) is 4.57 Å². The number of hydrogen-bond acceptors (Lipinski definition) is 5. The SMILES string of the molecule is CC(C)n1c(-c2ccncc2)nnc1S(N)(=O)=O. The van der Waals surface area contributed by atoms with Crippen molar-refractivity contribution in [3.63, 3.8) is 0 Å². The Morgan fingerprint density at radius 3 is 2.33 bits per heavy atom. The average molecular weight is 267 g/mol. The summed E-state index contributed by atoms with van der Waals surface area (Å²) in [5, 5.41) is 12.5. The summed E-state index contributed by atoms with van der Waals surface area (Å²) in [6.45, 7) is 3.67. The zero-order valence-electron chi connectivity index (χ0n) is 9.98. The van der Waals surface area contributed by atoms with Crippen molar-refractivity contribution in [3.8, 4) is 11.4 Å². The van der Waals surface area contributed by atoms with Crippen molar-refractivity contribution >= 4 is 10.0 Å². The lowest BCUT2D eigenvalue weighted by molar-refractivity contribution is 0.524. The number of hydrogen-bond donors (Lipinski definition) is 1. The third-order valence-electron chi connectivity index (χ3n) is 2.37. The molecule has 0 bridgehead atoms. The van der Waals surface area contributed by atoms with Crippen molar-refractivity contribution in [2.75, 3.05) is 0 Å². The van der Waals surface area contributed by atoms with Crippen LogP contribution in [0.2, 0.25) is 0 Å². The summed E-state index contributed by atoms with van der Waals surface area (Å²) in [6.07, 6.45) is 3.20. The average Bonchev–Trinajstić information content (AvgIpc) is 2.74. The molecule has 0 aliphatic heterocycles. The normalized spacial score (nSPS) is 12.0. The van der Waals surface area contributed by atoms with Crippen molar-refractivity contribution < 1.29 is 8.42 Å². The van der Waals surface area contributed by atoms with Crippen LogP contribution in [0.25, 0.3) is 11.4 Å². The Kier molecular flexibility index (Phi) is 3.14. The first kappa shape index (κ1) is 12.7. The predicted molar refractivity (Wildman–Crippen MR) is 65.0 cm³/mol. The summed E-state index contributed by atoms with van der Waals surface area (Å²) in [4.78, 5) is 3.90. The van der Waals surface area contributed by atoms with Gasteiger partial charge in [0.1, 0.15) is 0 Å². The van der Waals surface area contributed by atoms with Gasteiger partial charge in [-0.2, -0.15) is 0 Å². The molecule has 2 heterocycles. The second kappa shape index (κ2) is 4.46. The molecular formula is C10H13N5O2S. The second-order valence-corrected chi connectivity index (χ2v) is 5.51. The minimum atomic E-state index is -3.89. The number of rotatable bonds is 3. The molecule has 18 heavy (non-hydrogen) atoms. The highest BCUT2D eigenvalue weighted by atomic mass is 32.2. The molecule has 0 radical (unpaired) electrons. The lowest BCUT2D eigenvalue weighted by atomic mass is 10.2. The number of nitrogens with two attached hydrogens (primary N) is 1. The summed E-state index contributed by atoms with van der Waals surface area (Å²) in [6, 6.07) is 3.34. The Morgan fingerprint density at radius 1 is 1.22 bits per heavy atom. The molecule has 2 rings (SSSR count). The number of pyridine rings is 1. The molecular weight excluding hydrogens is 254 g/mol. The molecule has 0 saturated carbocycles. The number of sulfonamides is 1. The second-order valence-electron chi connectivity index (χ2n) is 4.05. The van der Waals surface area contributed by atoms with E-state index in [9.17, 15) is 8.42 Å². The fraction of sp³-hybridized carbons (Fsp3) is 0.300. The van der Waals surface area contributed by atoms with Gasteiger partial charge in [-0.15, -0.1) is 10.2 Å². The van der Waals surface area contributed by atoms with E-state index in [0.717, 1.165) is 5.56 Å². The fourth-order valence-electron chi connectivity index (χ4n) is 1.63. The van der Waals surface area contributed by atoms with Gasteiger partial charge in [0.25, 0.3) is 15.2 Å². The summed E-state index contributed by atoms with van der Waals surface area (Å²) in [5.74, 6) is 0.455. The van der Waals surface area contributed by atoms with E-state index < -0.39 is 10.0 Å². The van der Waals surface area contributed by atoms with E-state index in [1.807, 2.05) is 13.8 Å². The van der Waals surface area contributed by atoms with Gasteiger partial charge in [0.15, 0.2) is 5.82 Å². The smallest absolute Gasteiger partial charge is 0.273 e. The number of primary sulfonamides is 1. The van der Waals surface area contributed by atoms with Crippen LogP contribution in [0.15, 0.2) is 29.7 Å². The van der Waals surface area contributed by atoms with Gasteiger partial charge in [0.2, 0.25) is 0 Å². The lowest BCUT2D eigenvalue weighted by Crippen LogP contribution is -2.20. The van der Waals surface area contributed by atoms with Crippen molar-refractivity contribution in [2.45, 2.75) is 25.0 Å². The molecule has 0 aliphatic carbocycles. The minimum Gasteiger partial charge on any atom is -0.294 e. The maximum absolute atomic E-state index is 11.4. The number of nitrogens with zero attached hydrogens (tertiary/aromatic N) is 4. The number of aromatic nitrogens is 4. The molecule has 0 aromatic carbocycles. The van der Waals surface area contributed by atoms with Crippen LogP contribution in [0.3, 0.4) is 0 Å². The summed E-state index contributed by atoms with van der Waals surface area (Å²) < 4.78 is 24.4. The van der Waals surface area contributed by atoms with Gasteiger partial charge in [-0.05, 0) is 26.0 Å². The first-order chi connectivity index (χ1) is 8.41. The lowest BCUT2D eigenvalue weighted by Gasteiger charge is -2.12. The van der Waals surface area contributed by atoms with Gasteiger partial charge in [-0.1, -0.05) is 0 Å².